The van der Waals surface area contributed by atoms with E-state index in [1.807, 2.05) is 32.9 Å². The number of hydrogen-bond acceptors (Lipinski definition) is 5. The smallest absolute Gasteiger partial charge is 0.255 e. The maximum absolute atomic E-state index is 12.8. The van der Waals surface area contributed by atoms with Gasteiger partial charge in [0.25, 0.3) is 5.91 Å². The molecule has 0 unspecified atom stereocenters. The van der Waals surface area contributed by atoms with E-state index in [-0.39, 0.29) is 12.0 Å². The largest absolute Gasteiger partial charge is 0.493 e. The van der Waals surface area contributed by atoms with Crippen LogP contribution >= 0.6 is 0 Å². The Morgan fingerprint density at radius 1 is 1.11 bits per heavy atom. The minimum Gasteiger partial charge on any atom is -0.493 e. The monoisotopic (exact) mass is 371 g/mol. The molecule has 0 saturated carbocycles. The molecule has 0 fully saturated rings. The Bertz CT molecular complexity index is 834. The Morgan fingerprint density at radius 2 is 1.85 bits per heavy atom. The number of nitrogens with one attached hydrogen (secondary N) is 1. The SMILES string of the molecule is CCOc1cc2c(cc1NC(=O)c1ccc(OCC)c(OC)c1)O[C@@H](C)C2. The molecule has 0 aliphatic carbocycles. The first-order chi connectivity index (χ1) is 13.0. The second kappa shape index (κ2) is 8.20. The molecule has 144 valence electrons. The molecule has 0 bridgehead atoms. The summed E-state index contributed by atoms with van der Waals surface area (Å²) in [7, 11) is 1.55. The number of anilines is 1. The average Bonchev–Trinajstić information content (AvgIpc) is 3.01. The average molecular weight is 371 g/mol. The summed E-state index contributed by atoms with van der Waals surface area (Å²) in [6.45, 7) is 6.86. The van der Waals surface area contributed by atoms with Gasteiger partial charge in [-0.1, -0.05) is 0 Å². The van der Waals surface area contributed by atoms with Crippen LogP contribution in [0.3, 0.4) is 0 Å². The molecule has 1 N–H and O–H groups in total. The Morgan fingerprint density at radius 3 is 2.56 bits per heavy atom. The molecule has 0 spiro atoms. The van der Waals surface area contributed by atoms with Crippen molar-refractivity contribution in [2.75, 3.05) is 25.6 Å². The fraction of sp³-hybridized carbons (Fsp3) is 0.381. The summed E-state index contributed by atoms with van der Waals surface area (Å²) in [6.07, 6.45) is 0.954. The predicted octanol–water partition coefficient (Wildman–Crippen LogP) is 4.07. The van der Waals surface area contributed by atoms with Crippen molar-refractivity contribution >= 4 is 11.6 Å². The van der Waals surface area contributed by atoms with Crippen LogP contribution in [0.5, 0.6) is 23.0 Å². The van der Waals surface area contributed by atoms with Crippen molar-refractivity contribution in [2.24, 2.45) is 0 Å². The Balaban J connectivity index is 1.86. The maximum atomic E-state index is 12.8. The number of amides is 1. The molecule has 1 heterocycles. The van der Waals surface area contributed by atoms with Crippen LogP contribution in [-0.4, -0.2) is 32.3 Å². The number of carbonyl (C=O) groups is 1. The zero-order chi connectivity index (χ0) is 19.4. The van der Waals surface area contributed by atoms with E-state index >= 15 is 0 Å². The molecule has 3 rings (SSSR count). The van der Waals surface area contributed by atoms with Gasteiger partial charge >= 0.3 is 0 Å². The topological polar surface area (TPSA) is 66.0 Å². The van der Waals surface area contributed by atoms with Crippen LogP contribution in [0, 0.1) is 0 Å². The molecule has 6 heteroatoms. The second-order valence-corrected chi connectivity index (χ2v) is 6.27. The second-order valence-electron chi connectivity index (χ2n) is 6.27. The van der Waals surface area contributed by atoms with Crippen molar-refractivity contribution in [3.05, 3.63) is 41.5 Å². The fourth-order valence-electron chi connectivity index (χ4n) is 3.09. The first-order valence-corrected chi connectivity index (χ1v) is 9.14. The highest BCUT2D eigenvalue weighted by Gasteiger charge is 2.23. The lowest BCUT2D eigenvalue weighted by atomic mass is 10.1. The third-order valence-electron chi connectivity index (χ3n) is 4.27. The maximum Gasteiger partial charge on any atom is 0.255 e. The van der Waals surface area contributed by atoms with E-state index in [4.69, 9.17) is 18.9 Å². The first kappa shape index (κ1) is 18.9. The zero-order valence-electron chi connectivity index (χ0n) is 16.1. The van der Waals surface area contributed by atoms with Crippen molar-refractivity contribution in [2.45, 2.75) is 33.3 Å². The summed E-state index contributed by atoms with van der Waals surface area (Å²) in [5.74, 6) is 2.28. The van der Waals surface area contributed by atoms with Gasteiger partial charge in [-0.3, -0.25) is 4.79 Å². The molecule has 0 saturated heterocycles. The van der Waals surface area contributed by atoms with Crippen molar-refractivity contribution in [1.82, 2.24) is 0 Å². The Labute approximate surface area is 159 Å². The Kier molecular flexibility index (Phi) is 5.74. The van der Waals surface area contributed by atoms with Gasteiger partial charge in [0.2, 0.25) is 0 Å². The number of fused-ring (bicyclic) bond motifs is 1. The van der Waals surface area contributed by atoms with Gasteiger partial charge in [-0.05, 0) is 45.0 Å². The van der Waals surface area contributed by atoms with Crippen LogP contribution in [0.1, 0.15) is 36.7 Å². The van der Waals surface area contributed by atoms with Crippen LogP contribution in [0.2, 0.25) is 0 Å². The molecule has 2 aromatic carbocycles. The van der Waals surface area contributed by atoms with Crippen molar-refractivity contribution < 1.29 is 23.7 Å². The van der Waals surface area contributed by atoms with Gasteiger partial charge in [0.15, 0.2) is 11.5 Å². The quantitative estimate of drug-likeness (QED) is 0.795. The number of ether oxygens (including phenoxy) is 4. The van der Waals surface area contributed by atoms with Crippen LogP contribution < -0.4 is 24.3 Å². The molecule has 2 aromatic rings. The fourth-order valence-corrected chi connectivity index (χ4v) is 3.09. The molecule has 0 radical (unpaired) electrons. The summed E-state index contributed by atoms with van der Waals surface area (Å²) in [6, 6.07) is 8.86. The molecular formula is C21H25NO5. The van der Waals surface area contributed by atoms with E-state index in [0.717, 1.165) is 17.7 Å². The van der Waals surface area contributed by atoms with E-state index in [1.54, 1.807) is 25.3 Å². The molecule has 27 heavy (non-hydrogen) atoms. The highest BCUT2D eigenvalue weighted by atomic mass is 16.5. The summed E-state index contributed by atoms with van der Waals surface area (Å²) in [4.78, 5) is 12.8. The number of hydrogen-bond donors (Lipinski definition) is 1. The van der Waals surface area contributed by atoms with Crippen LogP contribution in [0.25, 0.3) is 0 Å². The van der Waals surface area contributed by atoms with Gasteiger partial charge in [0.05, 0.1) is 26.0 Å². The molecule has 1 amide bonds. The van der Waals surface area contributed by atoms with E-state index in [9.17, 15) is 4.79 Å². The number of rotatable bonds is 7. The van der Waals surface area contributed by atoms with Crippen LogP contribution in [-0.2, 0) is 6.42 Å². The molecule has 1 aliphatic rings. The molecule has 1 atom stereocenters. The summed E-state index contributed by atoms with van der Waals surface area (Å²) < 4.78 is 22.3. The van der Waals surface area contributed by atoms with Gasteiger partial charge in [-0.15, -0.1) is 0 Å². The molecule has 0 aromatic heterocycles. The summed E-state index contributed by atoms with van der Waals surface area (Å²) >= 11 is 0. The Hall–Kier alpha value is -2.89. The lowest BCUT2D eigenvalue weighted by molar-refractivity contribution is 0.102. The number of benzene rings is 2. The minimum absolute atomic E-state index is 0.121. The highest BCUT2D eigenvalue weighted by Crippen LogP contribution is 2.38. The lowest BCUT2D eigenvalue weighted by Gasteiger charge is -2.14. The lowest BCUT2D eigenvalue weighted by Crippen LogP contribution is -2.13. The van der Waals surface area contributed by atoms with Crippen LogP contribution in [0.15, 0.2) is 30.3 Å². The van der Waals surface area contributed by atoms with Gasteiger partial charge in [-0.2, -0.15) is 0 Å². The third-order valence-corrected chi connectivity index (χ3v) is 4.27. The highest BCUT2D eigenvalue weighted by molar-refractivity contribution is 6.05. The predicted molar refractivity (Wildman–Crippen MR) is 104 cm³/mol. The van der Waals surface area contributed by atoms with E-state index in [2.05, 4.69) is 5.32 Å². The van der Waals surface area contributed by atoms with Gasteiger partial charge in [0.1, 0.15) is 17.6 Å². The van der Waals surface area contributed by atoms with Gasteiger partial charge in [0, 0.05) is 23.6 Å². The number of carbonyl (C=O) groups excluding carboxylic acids is 1. The first-order valence-electron chi connectivity index (χ1n) is 9.14. The summed E-state index contributed by atoms with van der Waals surface area (Å²) in [5.41, 5.74) is 2.14. The summed E-state index contributed by atoms with van der Waals surface area (Å²) in [5, 5.41) is 2.92. The van der Waals surface area contributed by atoms with Crippen LogP contribution in [0.4, 0.5) is 5.69 Å². The van der Waals surface area contributed by atoms with Crippen molar-refractivity contribution in [3.63, 3.8) is 0 Å². The van der Waals surface area contributed by atoms with E-state index in [0.29, 0.717) is 41.7 Å². The van der Waals surface area contributed by atoms with Gasteiger partial charge < -0.3 is 24.3 Å². The molecular weight excluding hydrogens is 346 g/mol. The van der Waals surface area contributed by atoms with Gasteiger partial charge in [-0.25, -0.2) is 0 Å². The standard InChI is InChI=1S/C21H25NO5/c1-5-25-17-8-7-14(10-20(17)24-4)21(23)22-16-12-18-15(9-13(3)27-18)11-19(16)26-6-2/h7-8,10-13H,5-6,9H2,1-4H3,(H,22,23)/t13-/m0/s1. The van der Waals surface area contributed by atoms with E-state index in [1.165, 1.54) is 0 Å². The normalized spacial score (nSPS) is 14.9. The minimum atomic E-state index is -0.261. The third kappa shape index (κ3) is 4.10. The van der Waals surface area contributed by atoms with E-state index < -0.39 is 0 Å². The molecule has 1 aliphatic heterocycles. The van der Waals surface area contributed by atoms with Crippen molar-refractivity contribution in [3.8, 4) is 23.0 Å². The van der Waals surface area contributed by atoms with Crippen molar-refractivity contribution in [1.29, 1.82) is 0 Å². The molecule has 6 nitrogen and oxygen atoms in total. The number of methoxy groups -OCH3 is 1. The zero-order valence-corrected chi connectivity index (χ0v) is 16.1.